The third-order valence-corrected chi connectivity index (χ3v) is 7.97. The van der Waals surface area contributed by atoms with E-state index in [2.05, 4.69) is 10.2 Å². The largest absolute Gasteiger partial charge is 0.495 e. The molecule has 0 spiro atoms. The molecule has 0 unspecified atom stereocenters. The lowest BCUT2D eigenvalue weighted by Gasteiger charge is -2.35. The zero-order chi connectivity index (χ0) is 26.6. The number of para-hydroxylation sites is 2. The number of piperazine rings is 1. The van der Waals surface area contributed by atoms with Crippen LogP contribution in [0.1, 0.15) is 10.4 Å². The van der Waals surface area contributed by atoms with Crippen LogP contribution in [0.15, 0.2) is 71.6 Å². The molecule has 0 bridgehead atoms. The Morgan fingerprint density at radius 2 is 1.57 bits per heavy atom. The highest BCUT2D eigenvalue weighted by atomic mass is 32.2. The fourth-order valence-corrected chi connectivity index (χ4v) is 5.52. The van der Waals surface area contributed by atoms with Crippen LogP contribution in [-0.2, 0) is 10.0 Å². The summed E-state index contributed by atoms with van der Waals surface area (Å²) in [4.78, 5) is 25.4. The van der Waals surface area contributed by atoms with Gasteiger partial charge in [0.25, 0.3) is 5.91 Å². The van der Waals surface area contributed by atoms with E-state index < -0.39 is 20.9 Å². The predicted octanol–water partition coefficient (Wildman–Crippen LogP) is 3.38. The molecule has 1 heterocycles. The Labute approximate surface area is 214 Å². The van der Waals surface area contributed by atoms with Gasteiger partial charge in [0.2, 0.25) is 10.0 Å². The number of rotatable bonds is 8. The first-order valence-corrected chi connectivity index (χ1v) is 12.8. The Kier molecular flexibility index (Phi) is 7.60. The van der Waals surface area contributed by atoms with E-state index in [0.29, 0.717) is 31.9 Å². The van der Waals surface area contributed by atoms with Crippen LogP contribution in [0.5, 0.6) is 11.5 Å². The van der Waals surface area contributed by atoms with Gasteiger partial charge in [-0.05, 0) is 48.5 Å². The zero-order valence-corrected chi connectivity index (χ0v) is 21.1. The molecule has 1 aliphatic rings. The first-order valence-electron chi connectivity index (χ1n) is 11.4. The van der Waals surface area contributed by atoms with Crippen LogP contribution < -0.4 is 19.7 Å². The maximum absolute atomic E-state index is 13.2. The summed E-state index contributed by atoms with van der Waals surface area (Å²) in [7, 11) is -0.822. The summed E-state index contributed by atoms with van der Waals surface area (Å²) < 4.78 is 38.2. The molecule has 11 nitrogen and oxygen atoms in total. The maximum Gasteiger partial charge on any atom is 0.311 e. The van der Waals surface area contributed by atoms with Crippen LogP contribution in [0.4, 0.5) is 17.1 Å². The van der Waals surface area contributed by atoms with Crippen molar-refractivity contribution in [1.82, 2.24) is 4.31 Å². The van der Waals surface area contributed by atoms with Gasteiger partial charge in [0.05, 0.1) is 29.7 Å². The number of nitrogens with one attached hydrogen (secondary N) is 1. The number of sulfonamides is 1. The first kappa shape index (κ1) is 25.9. The highest BCUT2D eigenvalue weighted by Gasteiger charge is 2.29. The Morgan fingerprint density at radius 3 is 2.19 bits per heavy atom. The van der Waals surface area contributed by atoms with Gasteiger partial charge in [0.15, 0.2) is 5.75 Å². The molecular formula is C25H26N4O7S. The van der Waals surface area contributed by atoms with Crippen LogP contribution in [-0.4, -0.2) is 64.0 Å². The van der Waals surface area contributed by atoms with Crippen LogP contribution in [0.2, 0.25) is 0 Å². The summed E-state index contributed by atoms with van der Waals surface area (Å²) in [6.07, 6.45) is 0. The Bertz CT molecular complexity index is 1400. The number of nitrogens with zero attached hydrogens (tertiary/aromatic N) is 3. The van der Waals surface area contributed by atoms with Crippen LogP contribution in [0, 0.1) is 10.1 Å². The molecule has 0 aliphatic carbocycles. The molecule has 3 aromatic carbocycles. The lowest BCUT2D eigenvalue weighted by molar-refractivity contribution is -0.385. The van der Waals surface area contributed by atoms with Crippen molar-refractivity contribution in [3.05, 3.63) is 82.4 Å². The van der Waals surface area contributed by atoms with Gasteiger partial charge in [-0.1, -0.05) is 12.1 Å². The number of ether oxygens (including phenoxy) is 2. The van der Waals surface area contributed by atoms with Gasteiger partial charge in [0, 0.05) is 43.5 Å². The zero-order valence-electron chi connectivity index (χ0n) is 20.3. The highest BCUT2D eigenvalue weighted by Crippen LogP contribution is 2.30. The third kappa shape index (κ3) is 5.49. The van der Waals surface area contributed by atoms with Crippen molar-refractivity contribution >= 4 is 33.0 Å². The molecule has 1 aliphatic heterocycles. The van der Waals surface area contributed by atoms with E-state index in [4.69, 9.17) is 9.47 Å². The minimum atomic E-state index is -3.73. The summed E-state index contributed by atoms with van der Waals surface area (Å²) in [6, 6.07) is 17.3. The van der Waals surface area contributed by atoms with Gasteiger partial charge in [-0.3, -0.25) is 14.9 Å². The summed E-state index contributed by atoms with van der Waals surface area (Å²) in [6.45, 7) is 1.66. The van der Waals surface area contributed by atoms with Crippen molar-refractivity contribution in [2.45, 2.75) is 4.90 Å². The predicted molar refractivity (Wildman–Crippen MR) is 138 cm³/mol. The lowest BCUT2D eigenvalue weighted by Crippen LogP contribution is -2.48. The van der Waals surface area contributed by atoms with E-state index in [1.165, 1.54) is 47.8 Å². The first-order chi connectivity index (χ1) is 17.7. The van der Waals surface area contributed by atoms with Gasteiger partial charge >= 0.3 is 5.69 Å². The van der Waals surface area contributed by atoms with Crippen molar-refractivity contribution in [2.75, 3.05) is 50.6 Å². The fraction of sp³-hybridized carbons (Fsp3) is 0.240. The number of nitro benzene ring substituents is 1. The lowest BCUT2D eigenvalue weighted by atomic mass is 10.1. The van der Waals surface area contributed by atoms with Crippen molar-refractivity contribution in [1.29, 1.82) is 0 Å². The van der Waals surface area contributed by atoms with Crippen LogP contribution >= 0.6 is 0 Å². The summed E-state index contributed by atoms with van der Waals surface area (Å²) >= 11 is 0. The Hall–Kier alpha value is -4.16. The fourth-order valence-electron chi connectivity index (χ4n) is 4.10. The van der Waals surface area contributed by atoms with Crippen LogP contribution in [0.3, 0.4) is 0 Å². The number of hydrogen-bond acceptors (Lipinski definition) is 8. The molecule has 1 fully saturated rings. The molecule has 194 valence electrons. The SMILES string of the molecule is COc1ccccc1N1CCN(S(=O)(=O)c2ccc(NC(=O)c3ccc(OC)c([N+](=O)[O-])c3)cc2)CC1. The summed E-state index contributed by atoms with van der Waals surface area (Å²) in [5.74, 6) is 0.203. The van der Waals surface area contributed by atoms with Gasteiger partial charge in [-0.2, -0.15) is 4.31 Å². The molecule has 37 heavy (non-hydrogen) atoms. The maximum atomic E-state index is 13.2. The smallest absolute Gasteiger partial charge is 0.311 e. The quantitative estimate of drug-likeness (QED) is 0.349. The molecule has 0 radical (unpaired) electrons. The van der Waals surface area contributed by atoms with Crippen molar-refractivity contribution in [2.24, 2.45) is 0 Å². The Balaban J connectivity index is 1.42. The average Bonchev–Trinajstić information content (AvgIpc) is 2.93. The van der Waals surface area contributed by atoms with Gasteiger partial charge < -0.3 is 19.7 Å². The molecular weight excluding hydrogens is 500 g/mol. The number of amides is 1. The van der Waals surface area contributed by atoms with E-state index in [0.717, 1.165) is 17.5 Å². The normalized spacial score (nSPS) is 14.2. The number of anilines is 2. The molecule has 3 aromatic rings. The summed E-state index contributed by atoms with van der Waals surface area (Å²) in [5.41, 5.74) is 1.01. The molecule has 1 N–H and O–H groups in total. The highest BCUT2D eigenvalue weighted by molar-refractivity contribution is 7.89. The second kappa shape index (κ2) is 10.8. The Morgan fingerprint density at radius 1 is 0.919 bits per heavy atom. The second-order valence-electron chi connectivity index (χ2n) is 8.19. The number of methoxy groups -OCH3 is 2. The molecule has 0 atom stereocenters. The van der Waals surface area contributed by atoms with Gasteiger partial charge in [0.1, 0.15) is 5.75 Å². The third-order valence-electron chi connectivity index (χ3n) is 6.05. The molecule has 12 heteroatoms. The van der Waals surface area contributed by atoms with Crippen molar-refractivity contribution in [3.8, 4) is 11.5 Å². The minimum absolute atomic E-state index is 0.0415. The van der Waals surface area contributed by atoms with Crippen molar-refractivity contribution < 1.29 is 27.6 Å². The topological polar surface area (TPSA) is 131 Å². The monoisotopic (exact) mass is 526 g/mol. The molecule has 1 saturated heterocycles. The summed E-state index contributed by atoms with van der Waals surface area (Å²) in [5, 5.41) is 13.8. The number of hydrogen-bond donors (Lipinski definition) is 1. The second-order valence-corrected chi connectivity index (χ2v) is 10.1. The van der Waals surface area contributed by atoms with E-state index >= 15 is 0 Å². The number of nitro groups is 1. The molecule has 0 saturated carbocycles. The van der Waals surface area contributed by atoms with Gasteiger partial charge in [-0.15, -0.1) is 0 Å². The average molecular weight is 527 g/mol. The standard InChI is InChI=1S/C25H26N4O7S/c1-35-23-6-4-3-5-21(23)27-13-15-28(16-14-27)37(33,34)20-10-8-19(9-11-20)26-25(30)18-7-12-24(36-2)22(17-18)29(31)32/h3-12,17H,13-16H2,1-2H3,(H,26,30). The molecule has 4 rings (SSSR count). The minimum Gasteiger partial charge on any atom is -0.495 e. The number of benzene rings is 3. The molecule has 1 amide bonds. The number of carbonyl (C=O) groups is 1. The van der Waals surface area contributed by atoms with Crippen LogP contribution in [0.25, 0.3) is 0 Å². The van der Waals surface area contributed by atoms with E-state index in [-0.39, 0.29) is 21.9 Å². The van der Waals surface area contributed by atoms with Gasteiger partial charge in [-0.25, -0.2) is 8.42 Å². The van der Waals surface area contributed by atoms with E-state index in [1.807, 2.05) is 24.3 Å². The molecule has 0 aromatic heterocycles. The number of carbonyl (C=O) groups excluding carboxylic acids is 1. The van der Waals surface area contributed by atoms with Crippen molar-refractivity contribution in [3.63, 3.8) is 0 Å². The van der Waals surface area contributed by atoms with E-state index in [1.54, 1.807) is 7.11 Å². The van der Waals surface area contributed by atoms with E-state index in [9.17, 15) is 23.3 Å².